The number of rotatable bonds is 8. The van der Waals surface area contributed by atoms with E-state index in [4.69, 9.17) is 10.5 Å². The van der Waals surface area contributed by atoms with E-state index >= 15 is 0 Å². The molecule has 0 aliphatic heterocycles. The lowest BCUT2D eigenvalue weighted by molar-refractivity contribution is -0.141. The molecule has 0 spiro atoms. The van der Waals surface area contributed by atoms with Crippen LogP contribution in [0.1, 0.15) is 66.0 Å². The highest BCUT2D eigenvalue weighted by atomic mass is 16.6. The first-order valence-electron chi connectivity index (χ1n) is 10.7. The first-order valence-corrected chi connectivity index (χ1v) is 10.7. The topological polar surface area (TPSA) is 151 Å². The molecule has 0 fully saturated rings. The van der Waals surface area contributed by atoms with E-state index in [0.29, 0.717) is 5.56 Å². The number of hydrogen-bond donors (Lipinski definition) is 4. The van der Waals surface area contributed by atoms with Crippen molar-refractivity contribution in [3.63, 3.8) is 0 Å². The van der Waals surface area contributed by atoms with Gasteiger partial charge in [0.2, 0.25) is 17.7 Å². The number of nitrogens with one attached hydrogen (secondary N) is 2. The monoisotopic (exact) mass is 464 g/mol. The number of ether oxygens (including phenoxy) is 1. The zero-order valence-corrected chi connectivity index (χ0v) is 20.4. The van der Waals surface area contributed by atoms with Crippen LogP contribution in [0.4, 0.5) is 4.79 Å². The summed E-state index contributed by atoms with van der Waals surface area (Å²) < 4.78 is 5.23. The Morgan fingerprint density at radius 2 is 1.61 bits per heavy atom. The molecule has 0 aromatic heterocycles. The molecule has 0 saturated heterocycles. The maximum Gasteiger partial charge on any atom is 0.408 e. The van der Waals surface area contributed by atoms with Gasteiger partial charge in [0.05, 0.1) is 0 Å². The second-order valence-corrected chi connectivity index (χ2v) is 9.89. The van der Waals surface area contributed by atoms with Crippen LogP contribution in [0.3, 0.4) is 0 Å². The van der Waals surface area contributed by atoms with Crippen molar-refractivity contribution < 1.29 is 29.0 Å². The predicted octanol–water partition coefficient (Wildman–Crippen LogP) is 1.97. The van der Waals surface area contributed by atoms with Gasteiger partial charge in [-0.3, -0.25) is 14.4 Å². The van der Waals surface area contributed by atoms with Crippen LogP contribution in [0.2, 0.25) is 0 Å². The smallest absolute Gasteiger partial charge is 0.408 e. The summed E-state index contributed by atoms with van der Waals surface area (Å²) in [5, 5.41) is 15.0. The summed E-state index contributed by atoms with van der Waals surface area (Å²) in [5.74, 6) is -1.69. The van der Waals surface area contributed by atoms with E-state index in [1.807, 2.05) is 0 Å². The largest absolute Gasteiger partial charge is 0.508 e. The molecule has 5 N–H and O–H groups in total. The van der Waals surface area contributed by atoms with E-state index in [-0.39, 0.29) is 18.6 Å². The lowest BCUT2D eigenvalue weighted by Crippen LogP contribution is -2.53. The van der Waals surface area contributed by atoms with E-state index in [0.717, 1.165) is 0 Å². The van der Waals surface area contributed by atoms with Crippen molar-refractivity contribution in [1.29, 1.82) is 0 Å². The van der Waals surface area contributed by atoms with Gasteiger partial charge < -0.3 is 31.1 Å². The normalized spacial score (nSPS) is 13.4. The summed E-state index contributed by atoms with van der Waals surface area (Å²) in [7, 11) is 1.43. The van der Waals surface area contributed by atoms with E-state index in [2.05, 4.69) is 10.6 Å². The summed E-state index contributed by atoms with van der Waals surface area (Å²) in [5.41, 5.74) is 4.32. The lowest BCUT2D eigenvalue weighted by Gasteiger charge is -2.33. The minimum atomic E-state index is -1.15. The number of primary amides is 1. The van der Waals surface area contributed by atoms with Gasteiger partial charge in [-0.05, 0) is 65.7 Å². The fraction of sp³-hybridized carbons (Fsp3) is 0.565. The molecule has 184 valence electrons. The number of likely N-dealkylation sites (N-methyl/N-ethyl adjacent to an activating group) is 1. The van der Waals surface area contributed by atoms with Crippen LogP contribution in [-0.4, -0.2) is 58.1 Å². The van der Waals surface area contributed by atoms with Crippen LogP contribution in [0.5, 0.6) is 5.75 Å². The van der Waals surface area contributed by atoms with Crippen LogP contribution >= 0.6 is 0 Å². The maximum absolute atomic E-state index is 13.4. The van der Waals surface area contributed by atoms with Gasteiger partial charge in [-0.1, -0.05) is 12.1 Å². The molecule has 33 heavy (non-hydrogen) atoms. The number of phenols is 1. The molecule has 1 aromatic rings. The minimum absolute atomic E-state index is 0.00800. The van der Waals surface area contributed by atoms with Crippen molar-refractivity contribution in [3.8, 4) is 5.75 Å². The van der Waals surface area contributed by atoms with Gasteiger partial charge in [0, 0.05) is 19.0 Å². The fourth-order valence-corrected chi connectivity index (χ4v) is 3.01. The summed E-state index contributed by atoms with van der Waals surface area (Å²) in [6, 6.07) is 3.67. The van der Waals surface area contributed by atoms with Crippen molar-refractivity contribution in [2.24, 2.45) is 5.73 Å². The number of aromatic hydroxyl groups is 1. The molecule has 0 bridgehead atoms. The number of amides is 4. The van der Waals surface area contributed by atoms with E-state index in [9.17, 15) is 24.3 Å². The second kappa shape index (κ2) is 11.0. The summed E-state index contributed by atoms with van der Waals surface area (Å²) in [6.45, 7) is 10.4. The molecule has 2 atom stereocenters. The highest BCUT2D eigenvalue weighted by molar-refractivity contribution is 5.92. The number of carbonyl (C=O) groups is 4. The van der Waals surface area contributed by atoms with E-state index in [1.54, 1.807) is 41.5 Å². The molecule has 0 heterocycles. The highest BCUT2D eigenvalue weighted by Crippen LogP contribution is 2.24. The van der Waals surface area contributed by atoms with Crippen molar-refractivity contribution in [2.45, 2.75) is 77.6 Å². The van der Waals surface area contributed by atoms with Crippen LogP contribution in [0.15, 0.2) is 24.3 Å². The average Bonchev–Trinajstić information content (AvgIpc) is 2.63. The maximum atomic E-state index is 13.4. The SMILES string of the molecule is CN(C(=O)C(CCC(N)=O)NC(=O)OC(C)(C)C)C(C(=O)NC(C)(C)C)c1ccc(O)cc1. The van der Waals surface area contributed by atoms with Gasteiger partial charge in [0.15, 0.2) is 0 Å². The summed E-state index contributed by atoms with van der Waals surface area (Å²) in [4.78, 5) is 51.3. The number of alkyl carbamates (subject to hydrolysis) is 1. The first kappa shape index (κ1) is 27.7. The first-order chi connectivity index (χ1) is 15.0. The third-order valence-electron chi connectivity index (χ3n) is 4.36. The van der Waals surface area contributed by atoms with Crippen LogP contribution in [-0.2, 0) is 19.1 Å². The molecule has 4 amide bonds. The predicted molar refractivity (Wildman–Crippen MR) is 123 cm³/mol. The number of hydrogen-bond acceptors (Lipinski definition) is 6. The zero-order valence-electron chi connectivity index (χ0n) is 20.4. The number of nitrogens with zero attached hydrogens (tertiary/aromatic N) is 1. The van der Waals surface area contributed by atoms with Gasteiger partial charge >= 0.3 is 6.09 Å². The Kier molecular flexibility index (Phi) is 9.26. The summed E-state index contributed by atoms with van der Waals surface area (Å²) >= 11 is 0. The Hall–Kier alpha value is -3.30. The molecule has 0 aliphatic rings. The quantitative estimate of drug-likeness (QED) is 0.462. The van der Waals surface area contributed by atoms with Crippen LogP contribution < -0.4 is 16.4 Å². The Balaban J connectivity index is 3.27. The molecule has 10 heteroatoms. The van der Waals surface area contributed by atoms with Crippen LogP contribution in [0, 0.1) is 0 Å². The molecule has 0 aliphatic carbocycles. The average molecular weight is 465 g/mol. The van der Waals surface area contributed by atoms with Gasteiger partial charge in [0.1, 0.15) is 23.4 Å². The van der Waals surface area contributed by atoms with Gasteiger partial charge in [-0.15, -0.1) is 0 Å². The molecule has 10 nitrogen and oxygen atoms in total. The van der Waals surface area contributed by atoms with Crippen LogP contribution in [0.25, 0.3) is 0 Å². The highest BCUT2D eigenvalue weighted by Gasteiger charge is 2.35. The van der Waals surface area contributed by atoms with Crippen molar-refractivity contribution in [1.82, 2.24) is 15.5 Å². The Labute approximate surface area is 194 Å². The standard InChI is InChI=1S/C23H36N4O6/c1-22(2,3)26-19(30)18(14-8-10-15(28)11-9-14)27(7)20(31)16(12-13-17(24)29)25-21(32)33-23(4,5)6/h8-11,16,18,28H,12-13H2,1-7H3,(H2,24,29)(H,25,32)(H,26,30). The minimum Gasteiger partial charge on any atom is -0.508 e. The molecule has 1 rings (SSSR count). The number of nitrogens with two attached hydrogens (primary N) is 1. The zero-order chi connectivity index (χ0) is 25.6. The number of benzene rings is 1. The van der Waals surface area contributed by atoms with Gasteiger partial charge in [-0.2, -0.15) is 0 Å². The third kappa shape index (κ3) is 9.80. The Morgan fingerprint density at radius 1 is 1.06 bits per heavy atom. The lowest BCUT2D eigenvalue weighted by atomic mass is 10.0. The second-order valence-electron chi connectivity index (χ2n) is 9.89. The number of carbonyl (C=O) groups excluding carboxylic acids is 4. The van der Waals surface area contributed by atoms with E-state index in [1.165, 1.54) is 36.2 Å². The molecular formula is C23H36N4O6. The van der Waals surface area contributed by atoms with Crippen molar-refractivity contribution in [2.75, 3.05) is 7.05 Å². The Morgan fingerprint density at radius 3 is 2.06 bits per heavy atom. The van der Waals surface area contributed by atoms with Crippen molar-refractivity contribution >= 4 is 23.8 Å². The Bertz CT molecular complexity index is 855. The molecule has 1 aromatic carbocycles. The third-order valence-corrected chi connectivity index (χ3v) is 4.36. The molecular weight excluding hydrogens is 428 g/mol. The van der Waals surface area contributed by atoms with Gasteiger partial charge in [-0.25, -0.2) is 4.79 Å². The van der Waals surface area contributed by atoms with E-state index < -0.39 is 47.0 Å². The molecule has 2 unspecified atom stereocenters. The fourth-order valence-electron chi connectivity index (χ4n) is 3.01. The molecule has 0 radical (unpaired) electrons. The number of phenolic OH excluding ortho intramolecular Hbond substituents is 1. The van der Waals surface area contributed by atoms with Gasteiger partial charge in [0.25, 0.3) is 0 Å². The van der Waals surface area contributed by atoms with Crippen molar-refractivity contribution in [3.05, 3.63) is 29.8 Å². The molecule has 0 saturated carbocycles. The summed E-state index contributed by atoms with van der Waals surface area (Å²) in [6.07, 6.45) is -1.06.